The first-order valence-electron chi connectivity index (χ1n) is 5.27. The number of aliphatic carboxylic acids is 1. The van der Waals surface area contributed by atoms with Crippen LogP contribution >= 0.6 is 0 Å². The molecule has 4 nitrogen and oxygen atoms in total. The lowest BCUT2D eigenvalue weighted by atomic mass is 10.1. The molecule has 0 aromatic rings. The van der Waals surface area contributed by atoms with Crippen molar-refractivity contribution in [1.82, 2.24) is 4.90 Å². The summed E-state index contributed by atoms with van der Waals surface area (Å²) in [5.74, 6) is -0.718. The van der Waals surface area contributed by atoms with Crippen molar-refractivity contribution in [1.29, 1.82) is 0 Å². The summed E-state index contributed by atoms with van der Waals surface area (Å²) in [6.45, 7) is 6.12. The van der Waals surface area contributed by atoms with Crippen LogP contribution in [0.25, 0.3) is 0 Å². The molecule has 2 atom stereocenters. The Balaban J connectivity index is 2.53. The Morgan fingerprint density at radius 3 is 2.86 bits per heavy atom. The van der Waals surface area contributed by atoms with Gasteiger partial charge in [0.2, 0.25) is 0 Å². The second-order valence-corrected chi connectivity index (χ2v) is 3.66. The molecule has 1 fully saturated rings. The van der Waals surface area contributed by atoms with Crippen molar-refractivity contribution in [2.75, 3.05) is 19.7 Å². The molecular formula is C10H19NO3. The lowest BCUT2D eigenvalue weighted by Gasteiger charge is -2.35. The molecule has 0 aromatic carbocycles. The molecule has 0 unspecified atom stereocenters. The Kier molecular flexibility index (Phi) is 4.35. The minimum absolute atomic E-state index is 0.206. The van der Waals surface area contributed by atoms with Crippen LogP contribution in [0.5, 0.6) is 0 Å². The standard InChI is InChI=1S/C10H19NO3/c1-3-8-7-11(5-6-14-8)9(4-2)10(12)13/h8-9H,3-7H2,1-2H3,(H,12,13)/t8-,9+/m0/s1. The van der Waals surface area contributed by atoms with Crippen LogP contribution in [0.3, 0.4) is 0 Å². The molecule has 1 heterocycles. The first kappa shape index (κ1) is 11.5. The van der Waals surface area contributed by atoms with Crippen LogP contribution in [0, 0.1) is 0 Å². The van der Waals surface area contributed by atoms with Crippen LogP contribution in [0.2, 0.25) is 0 Å². The second-order valence-electron chi connectivity index (χ2n) is 3.66. The fourth-order valence-corrected chi connectivity index (χ4v) is 1.86. The van der Waals surface area contributed by atoms with Crippen LogP contribution in [0.4, 0.5) is 0 Å². The van der Waals surface area contributed by atoms with Gasteiger partial charge in [-0.15, -0.1) is 0 Å². The van der Waals surface area contributed by atoms with E-state index in [9.17, 15) is 4.79 Å². The Bertz CT molecular complexity index is 196. The summed E-state index contributed by atoms with van der Waals surface area (Å²) < 4.78 is 5.50. The first-order valence-corrected chi connectivity index (χ1v) is 5.27. The molecule has 14 heavy (non-hydrogen) atoms. The molecule has 0 aromatic heterocycles. The van der Waals surface area contributed by atoms with Gasteiger partial charge in [-0.1, -0.05) is 13.8 Å². The van der Waals surface area contributed by atoms with E-state index in [1.165, 1.54) is 0 Å². The number of nitrogens with zero attached hydrogens (tertiary/aromatic N) is 1. The van der Waals surface area contributed by atoms with Gasteiger partial charge in [0.05, 0.1) is 12.7 Å². The van der Waals surface area contributed by atoms with Crippen LogP contribution < -0.4 is 0 Å². The molecule has 1 N–H and O–H groups in total. The topological polar surface area (TPSA) is 49.8 Å². The Hall–Kier alpha value is -0.610. The van der Waals surface area contributed by atoms with E-state index in [2.05, 4.69) is 6.92 Å². The van der Waals surface area contributed by atoms with Crippen molar-refractivity contribution in [2.24, 2.45) is 0 Å². The lowest BCUT2D eigenvalue weighted by Crippen LogP contribution is -2.50. The highest BCUT2D eigenvalue weighted by atomic mass is 16.5. The molecule has 0 aliphatic carbocycles. The SMILES string of the molecule is CC[C@H]1CN([C@H](CC)C(=O)O)CCO1. The number of carbonyl (C=O) groups is 1. The zero-order valence-electron chi connectivity index (χ0n) is 8.90. The molecule has 0 bridgehead atoms. The van der Waals surface area contributed by atoms with E-state index < -0.39 is 5.97 Å². The average Bonchev–Trinajstić information content (AvgIpc) is 2.19. The fourth-order valence-electron chi connectivity index (χ4n) is 1.86. The number of hydrogen-bond donors (Lipinski definition) is 1. The van der Waals surface area contributed by atoms with Gasteiger partial charge in [-0.3, -0.25) is 9.69 Å². The van der Waals surface area contributed by atoms with Crippen molar-refractivity contribution >= 4 is 5.97 Å². The summed E-state index contributed by atoms with van der Waals surface area (Å²) in [5, 5.41) is 9.00. The lowest BCUT2D eigenvalue weighted by molar-refractivity contribution is -0.146. The summed E-state index contributed by atoms with van der Waals surface area (Å²) in [7, 11) is 0. The van der Waals surface area contributed by atoms with Crippen molar-refractivity contribution < 1.29 is 14.6 Å². The van der Waals surface area contributed by atoms with Gasteiger partial charge < -0.3 is 9.84 Å². The molecule has 0 radical (unpaired) electrons. The zero-order chi connectivity index (χ0) is 10.6. The van der Waals surface area contributed by atoms with Crippen LogP contribution in [0.1, 0.15) is 26.7 Å². The van der Waals surface area contributed by atoms with Gasteiger partial charge in [0.1, 0.15) is 6.04 Å². The summed E-state index contributed by atoms with van der Waals surface area (Å²) in [5.41, 5.74) is 0. The number of ether oxygens (including phenoxy) is 1. The van der Waals surface area contributed by atoms with E-state index in [0.717, 1.165) is 19.5 Å². The first-order chi connectivity index (χ1) is 6.69. The van der Waals surface area contributed by atoms with E-state index in [1.807, 2.05) is 11.8 Å². The summed E-state index contributed by atoms with van der Waals surface area (Å²) in [4.78, 5) is 13.0. The summed E-state index contributed by atoms with van der Waals surface area (Å²) in [6.07, 6.45) is 1.82. The maximum Gasteiger partial charge on any atom is 0.320 e. The van der Waals surface area contributed by atoms with E-state index in [-0.39, 0.29) is 12.1 Å². The quantitative estimate of drug-likeness (QED) is 0.736. The molecule has 0 spiro atoms. The van der Waals surface area contributed by atoms with Crippen molar-refractivity contribution in [3.8, 4) is 0 Å². The maximum atomic E-state index is 10.9. The zero-order valence-corrected chi connectivity index (χ0v) is 8.90. The Morgan fingerprint density at radius 2 is 2.36 bits per heavy atom. The fraction of sp³-hybridized carbons (Fsp3) is 0.900. The van der Waals surface area contributed by atoms with Gasteiger partial charge in [-0.05, 0) is 12.8 Å². The predicted molar refractivity (Wildman–Crippen MR) is 53.3 cm³/mol. The molecule has 82 valence electrons. The Labute approximate surface area is 84.8 Å². The van der Waals surface area contributed by atoms with Gasteiger partial charge >= 0.3 is 5.97 Å². The van der Waals surface area contributed by atoms with E-state index >= 15 is 0 Å². The normalized spacial score (nSPS) is 26.0. The van der Waals surface area contributed by atoms with Gasteiger partial charge in [0.15, 0.2) is 0 Å². The smallest absolute Gasteiger partial charge is 0.320 e. The maximum absolute atomic E-state index is 10.9. The summed E-state index contributed by atoms with van der Waals surface area (Å²) >= 11 is 0. The minimum atomic E-state index is -0.718. The van der Waals surface area contributed by atoms with Gasteiger partial charge in [0.25, 0.3) is 0 Å². The number of hydrogen-bond acceptors (Lipinski definition) is 3. The number of carboxylic acid groups (broad SMARTS) is 1. The predicted octanol–water partition coefficient (Wildman–Crippen LogP) is 0.960. The number of rotatable bonds is 4. The van der Waals surface area contributed by atoms with Gasteiger partial charge in [0, 0.05) is 13.1 Å². The number of carboxylic acids is 1. The third kappa shape index (κ3) is 2.69. The average molecular weight is 201 g/mol. The largest absolute Gasteiger partial charge is 0.480 e. The minimum Gasteiger partial charge on any atom is -0.480 e. The van der Waals surface area contributed by atoms with Crippen molar-refractivity contribution in [2.45, 2.75) is 38.8 Å². The highest BCUT2D eigenvalue weighted by Crippen LogP contribution is 2.13. The van der Waals surface area contributed by atoms with Crippen molar-refractivity contribution in [3.05, 3.63) is 0 Å². The van der Waals surface area contributed by atoms with Crippen LogP contribution in [-0.4, -0.2) is 47.8 Å². The molecule has 1 saturated heterocycles. The van der Waals surface area contributed by atoms with Crippen LogP contribution in [0.15, 0.2) is 0 Å². The van der Waals surface area contributed by atoms with Crippen LogP contribution in [-0.2, 0) is 9.53 Å². The molecule has 1 rings (SSSR count). The molecule has 1 aliphatic heterocycles. The summed E-state index contributed by atoms with van der Waals surface area (Å²) in [6, 6.07) is -0.340. The molecular weight excluding hydrogens is 182 g/mol. The monoisotopic (exact) mass is 201 g/mol. The molecule has 0 saturated carbocycles. The number of morpholine rings is 1. The van der Waals surface area contributed by atoms with Gasteiger partial charge in [-0.2, -0.15) is 0 Å². The van der Waals surface area contributed by atoms with E-state index in [4.69, 9.17) is 9.84 Å². The highest BCUT2D eigenvalue weighted by Gasteiger charge is 2.28. The van der Waals surface area contributed by atoms with Crippen molar-refractivity contribution in [3.63, 3.8) is 0 Å². The third-order valence-electron chi connectivity index (χ3n) is 2.74. The molecule has 1 aliphatic rings. The third-order valence-corrected chi connectivity index (χ3v) is 2.74. The van der Waals surface area contributed by atoms with E-state index in [0.29, 0.717) is 13.0 Å². The highest BCUT2D eigenvalue weighted by molar-refractivity contribution is 5.73. The second kappa shape index (κ2) is 5.32. The molecule has 4 heteroatoms. The van der Waals surface area contributed by atoms with Gasteiger partial charge in [-0.25, -0.2) is 0 Å². The Morgan fingerprint density at radius 1 is 1.64 bits per heavy atom. The molecule has 0 amide bonds. The van der Waals surface area contributed by atoms with E-state index in [1.54, 1.807) is 0 Å².